The number of carbonyl (C=O) groups excluding carboxylic acids is 4. The van der Waals surface area contributed by atoms with Gasteiger partial charge in [0.05, 0.1) is 7.11 Å². The van der Waals surface area contributed by atoms with Crippen LogP contribution in [0.4, 0.5) is 0 Å². The number of esters is 4. The molecule has 0 N–H and O–H groups in total. The molecular weight excluding hydrogens is 476 g/mol. The van der Waals surface area contributed by atoms with Crippen LogP contribution in [0.25, 0.3) is 0 Å². The van der Waals surface area contributed by atoms with E-state index in [9.17, 15) is 19.2 Å². The van der Waals surface area contributed by atoms with E-state index in [0.29, 0.717) is 5.33 Å². The number of halogens is 1. The highest BCUT2D eigenvalue weighted by molar-refractivity contribution is 9.08. The Kier molecular flexibility index (Phi) is 9.00. The van der Waals surface area contributed by atoms with Gasteiger partial charge in [-0.25, -0.2) is 4.79 Å². The summed E-state index contributed by atoms with van der Waals surface area (Å²) in [7, 11) is 1.16. The van der Waals surface area contributed by atoms with Crippen LogP contribution in [-0.2, 0) is 54.6 Å². The van der Waals surface area contributed by atoms with Crippen LogP contribution in [0.3, 0.4) is 0 Å². The van der Waals surface area contributed by atoms with E-state index in [2.05, 4.69) is 15.9 Å². The number of hydrogen-bond donors (Lipinski definition) is 0. The van der Waals surface area contributed by atoms with Crippen LogP contribution in [-0.4, -0.2) is 61.5 Å². The van der Waals surface area contributed by atoms with E-state index in [1.54, 1.807) is 0 Å². The highest BCUT2D eigenvalue weighted by Gasteiger charge is 2.54. The molecule has 1 aliphatic heterocycles. The highest BCUT2D eigenvalue weighted by Crippen LogP contribution is 2.31. The van der Waals surface area contributed by atoms with Crippen LogP contribution in [0.15, 0.2) is 24.3 Å². The van der Waals surface area contributed by atoms with Crippen molar-refractivity contribution in [3.05, 3.63) is 35.4 Å². The molecule has 31 heavy (non-hydrogen) atoms. The molecule has 5 atom stereocenters. The van der Waals surface area contributed by atoms with Gasteiger partial charge >= 0.3 is 23.9 Å². The molecule has 170 valence electrons. The zero-order valence-corrected chi connectivity index (χ0v) is 19.2. The van der Waals surface area contributed by atoms with Gasteiger partial charge in [0.2, 0.25) is 0 Å². The number of methoxy groups -OCH3 is 1. The zero-order valence-electron chi connectivity index (χ0n) is 17.7. The molecule has 10 heteroatoms. The molecule has 0 unspecified atom stereocenters. The summed E-state index contributed by atoms with van der Waals surface area (Å²) in [5.41, 5.74) is 1.90. The van der Waals surface area contributed by atoms with E-state index in [-0.39, 0.29) is 6.42 Å². The van der Waals surface area contributed by atoms with Crippen molar-refractivity contribution in [1.29, 1.82) is 0 Å². The van der Waals surface area contributed by atoms with Crippen molar-refractivity contribution in [3.8, 4) is 0 Å². The highest BCUT2D eigenvalue weighted by atomic mass is 79.9. The SMILES string of the molecule is COC(=O)[C@H]1O[C@@H](Cc2ccc(CBr)cc2)[C@H](OC(C)=O)[C@@H](OC(C)=O)[C@@H]1OC(C)=O. The number of ether oxygens (including phenoxy) is 5. The van der Waals surface area contributed by atoms with Crippen LogP contribution >= 0.6 is 15.9 Å². The summed E-state index contributed by atoms with van der Waals surface area (Å²) in [6, 6.07) is 7.57. The predicted molar refractivity (Wildman–Crippen MR) is 110 cm³/mol. The lowest BCUT2D eigenvalue weighted by atomic mass is 9.90. The molecule has 0 amide bonds. The average molecular weight is 501 g/mol. The fourth-order valence-electron chi connectivity index (χ4n) is 3.36. The van der Waals surface area contributed by atoms with Gasteiger partial charge in [-0.15, -0.1) is 0 Å². The molecule has 0 aromatic heterocycles. The Morgan fingerprint density at radius 1 is 0.839 bits per heavy atom. The molecule has 1 saturated heterocycles. The van der Waals surface area contributed by atoms with Gasteiger partial charge in [0.1, 0.15) is 6.10 Å². The van der Waals surface area contributed by atoms with E-state index in [4.69, 9.17) is 23.7 Å². The van der Waals surface area contributed by atoms with Crippen molar-refractivity contribution < 1.29 is 42.9 Å². The standard InChI is InChI=1S/C21H25BrO9/c1-11(23)28-17-16(9-14-5-7-15(10-22)8-6-14)31-20(21(26)27-4)19(30-13(3)25)18(17)29-12(2)24/h5-8,16-20H,9-10H2,1-4H3/t16-,17-,18+,19-,20-/m0/s1. The van der Waals surface area contributed by atoms with Crippen molar-refractivity contribution in [2.75, 3.05) is 7.11 Å². The number of carbonyl (C=O) groups is 4. The van der Waals surface area contributed by atoms with Crippen LogP contribution in [0.5, 0.6) is 0 Å². The summed E-state index contributed by atoms with van der Waals surface area (Å²) >= 11 is 3.38. The number of hydrogen-bond acceptors (Lipinski definition) is 9. The second-order valence-corrected chi connectivity index (χ2v) is 7.56. The quantitative estimate of drug-likeness (QED) is 0.314. The smallest absolute Gasteiger partial charge is 0.339 e. The molecular formula is C21H25BrO9. The van der Waals surface area contributed by atoms with Gasteiger partial charge < -0.3 is 23.7 Å². The summed E-state index contributed by atoms with van der Waals surface area (Å²) in [6.07, 6.45) is -5.77. The van der Waals surface area contributed by atoms with E-state index in [0.717, 1.165) is 32.1 Å². The monoisotopic (exact) mass is 500 g/mol. The normalized spacial score (nSPS) is 25.3. The summed E-state index contributed by atoms with van der Waals surface area (Å²) in [6.45, 7) is 3.49. The lowest BCUT2D eigenvalue weighted by molar-refractivity contribution is -0.248. The first-order valence-electron chi connectivity index (χ1n) is 9.55. The largest absolute Gasteiger partial charge is 0.467 e. The summed E-state index contributed by atoms with van der Waals surface area (Å²) in [4.78, 5) is 47.7. The molecule has 9 nitrogen and oxygen atoms in total. The minimum Gasteiger partial charge on any atom is -0.467 e. The van der Waals surface area contributed by atoms with E-state index in [1.807, 2.05) is 24.3 Å². The third kappa shape index (κ3) is 6.76. The molecule has 1 aliphatic rings. The van der Waals surface area contributed by atoms with Gasteiger partial charge in [0.15, 0.2) is 24.4 Å². The number of rotatable bonds is 7. The lowest BCUT2D eigenvalue weighted by Crippen LogP contribution is -2.63. The Morgan fingerprint density at radius 2 is 1.32 bits per heavy atom. The Labute approximate surface area is 188 Å². The van der Waals surface area contributed by atoms with Crippen molar-refractivity contribution in [2.45, 2.75) is 63.0 Å². The van der Waals surface area contributed by atoms with Gasteiger partial charge in [-0.05, 0) is 11.1 Å². The van der Waals surface area contributed by atoms with Crippen LogP contribution in [0.1, 0.15) is 31.9 Å². The molecule has 1 fully saturated rings. The first kappa shape index (κ1) is 24.8. The van der Waals surface area contributed by atoms with Crippen molar-refractivity contribution >= 4 is 39.8 Å². The predicted octanol–water partition coefficient (Wildman–Crippen LogP) is 1.86. The van der Waals surface area contributed by atoms with Crippen molar-refractivity contribution in [1.82, 2.24) is 0 Å². The number of alkyl halides is 1. The summed E-state index contributed by atoms with van der Waals surface area (Å²) < 4.78 is 26.7. The second-order valence-electron chi connectivity index (χ2n) is 6.99. The third-order valence-corrected chi connectivity index (χ3v) is 5.24. The Balaban J connectivity index is 2.46. The van der Waals surface area contributed by atoms with E-state index in [1.165, 1.54) is 6.92 Å². The molecule has 1 aromatic carbocycles. The first-order chi connectivity index (χ1) is 14.7. The van der Waals surface area contributed by atoms with Gasteiger partial charge in [-0.1, -0.05) is 40.2 Å². The molecule has 2 rings (SSSR count). The fourth-order valence-corrected chi connectivity index (χ4v) is 3.74. The maximum atomic E-state index is 12.4. The van der Waals surface area contributed by atoms with Crippen LogP contribution in [0.2, 0.25) is 0 Å². The number of benzene rings is 1. The minimum atomic E-state index is -1.38. The maximum absolute atomic E-state index is 12.4. The van der Waals surface area contributed by atoms with Crippen molar-refractivity contribution in [3.63, 3.8) is 0 Å². The zero-order chi connectivity index (χ0) is 23.1. The van der Waals surface area contributed by atoms with Crippen LogP contribution < -0.4 is 0 Å². The van der Waals surface area contributed by atoms with Crippen molar-refractivity contribution in [2.24, 2.45) is 0 Å². The minimum absolute atomic E-state index is 0.235. The second kappa shape index (κ2) is 11.2. The van der Waals surface area contributed by atoms with Gasteiger partial charge in [-0.2, -0.15) is 0 Å². The Morgan fingerprint density at radius 3 is 1.81 bits per heavy atom. The molecule has 0 saturated carbocycles. The molecule has 1 heterocycles. The molecule has 0 spiro atoms. The van der Waals surface area contributed by atoms with Crippen LogP contribution in [0, 0.1) is 0 Å². The molecule has 0 aliphatic carbocycles. The third-order valence-electron chi connectivity index (χ3n) is 4.59. The molecule has 0 bridgehead atoms. The molecule has 1 aromatic rings. The molecule has 0 radical (unpaired) electrons. The summed E-state index contributed by atoms with van der Waals surface area (Å²) in [5, 5.41) is 0.687. The van der Waals surface area contributed by atoms with Gasteiger partial charge in [-0.3, -0.25) is 14.4 Å². The lowest BCUT2D eigenvalue weighted by Gasteiger charge is -2.43. The Bertz CT molecular complexity index is 808. The Hall–Kier alpha value is -2.46. The summed E-state index contributed by atoms with van der Waals surface area (Å²) in [5.74, 6) is -2.90. The average Bonchev–Trinajstić information content (AvgIpc) is 2.71. The van der Waals surface area contributed by atoms with E-state index < -0.39 is 54.4 Å². The maximum Gasteiger partial charge on any atom is 0.339 e. The topological polar surface area (TPSA) is 114 Å². The van der Waals surface area contributed by atoms with Gasteiger partial charge in [0.25, 0.3) is 0 Å². The van der Waals surface area contributed by atoms with E-state index >= 15 is 0 Å². The van der Waals surface area contributed by atoms with Gasteiger partial charge in [0, 0.05) is 32.5 Å². The fraction of sp³-hybridized carbons (Fsp3) is 0.524. The first-order valence-corrected chi connectivity index (χ1v) is 10.7.